The number of non-ortho nitro benzene ring substituents is 1. The van der Waals surface area contributed by atoms with E-state index in [2.05, 4.69) is 5.43 Å². The minimum atomic E-state index is -0.485. The summed E-state index contributed by atoms with van der Waals surface area (Å²) in [5.74, 6) is 5.69. The molecule has 6 heteroatoms. The molecule has 0 aliphatic heterocycles. The van der Waals surface area contributed by atoms with Gasteiger partial charge in [-0.3, -0.25) is 16.0 Å². The zero-order valence-electron chi connectivity index (χ0n) is 10.9. The van der Waals surface area contributed by atoms with Crippen LogP contribution in [-0.2, 0) is 0 Å². The highest BCUT2D eigenvalue weighted by Gasteiger charge is 2.13. The van der Waals surface area contributed by atoms with Crippen molar-refractivity contribution < 1.29 is 9.66 Å². The smallest absolute Gasteiger partial charge is 0.275 e. The molecule has 1 unspecified atom stereocenters. The van der Waals surface area contributed by atoms with Crippen molar-refractivity contribution in [3.63, 3.8) is 0 Å². The van der Waals surface area contributed by atoms with Gasteiger partial charge in [0.1, 0.15) is 11.9 Å². The number of rotatable bonds is 5. The van der Waals surface area contributed by atoms with Gasteiger partial charge < -0.3 is 10.2 Å². The number of anilines is 1. The Morgan fingerprint density at radius 3 is 2.55 bits per heavy atom. The van der Waals surface area contributed by atoms with Crippen molar-refractivity contribution >= 4 is 11.4 Å². The molecular formula is C14H15N3O3. The lowest BCUT2D eigenvalue weighted by molar-refractivity contribution is -0.384. The Labute approximate surface area is 116 Å². The number of nitrogens with one attached hydrogen (secondary N) is 1. The summed E-state index contributed by atoms with van der Waals surface area (Å²) in [6, 6.07) is 14.0. The van der Waals surface area contributed by atoms with E-state index in [1.165, 1.54) is 12.1 Å². The molecule has 0 saturated carbocycles. The lowest BCUT2D eigenvalue weighted by atomic mass is 10.1. The highest BCUT2D eigenvalue weighted by molar-refractivity contribution is 5.55. The van der Waals surface area contributed by atoms with Crippen molar-refractivity contribution in [3.05, 3.63) is 64.2 Å². The fraction of sp³-hybridized carbons (Fsp3) is 0.143. The Morgan fingerprint density at radius 1 is 1.25 bits per heavy atom. The Bertz CT molecular complexity index is 602. The predicted octanol–water partition coefficient (Wildman–Crippen LogP) is 3.02. The Balaban J connectivity index is 2.24. The average molecular weight is 273 g/mol. The number of benzene rings is 2. The average Bonchev–Trinajstić information content (AvgIpc) is 2.47. The molecule has 0 amide bonds. The van der Waals surface area contributed by atoms with E-state index in [-0.39, 0.29) is 11.8 Å². The third kappa shape index (κ3) is 3.24. The minimum Gasteiger partial charge on any atom is -0.486 e. The maximum atomic E-state index is 10.9. The number of nitrogen functional groups attached to an aromatic ring is 1. The molecule has 0 saturated heterocycles. The first-order chi connectivity index (χ1) is 9.60. The van der Waals surface area contributed by atoms with E-state index in [1.54, 1.807) is 6.07 Å². The molecule has 0 aliphatic rings. The summed E-state index contributed by atoms with van der Waals surface area (Å²) in [7, 11) is 0. The Hall–Kier alpha value is -2.60. The summed E-state index contributed by atoms with van der Waals surface area (Å²) in [6.45, 7) is 1.88. The van der Waals surface area contributed by atoms with E-state index in [4.69, 9.17) is 10.6 Å². The third-order valence-corrected chi connectivity index (χ3v) is 2.85. The molecule has 0 heterocycles. The first-order valence-electron chi connectivity index (χ1n) is 6.08. The predicted molar refractivity (Wildman–Crippen MR) is 76.4 cm³/mol. The number of hydrazine groups is 1. The van der Waals surface area contributed by atoms with E-state index >= 15 is 0 Å². The fourth-order valence-electron chi connectivity index (χ4n) is 1.84. The molecule has 20 heavy (non-hydrogen) atoms. The van der Waals surface area contributed by atoms with Gasteiger partial charge in [0.2, 0.25) is 0 Å². The van der Waals surface area contributed by atoms with Crippen LogP contribution in [0.5, 0.6) is 5.75 Å². The van der Waals surface area contributed by atoms with Gasteiger partial charge >= 0.3 is 0 Å². The van der Waals surface area contributed by atoms with Gasteiger partial charge in [-0.2, -0.15) is 0 Å². The van der Waals surface area contributed by atoms with E-state index in [9.17, 15) is 10.1 Å². The normalized spacial score (nSPS) is 11.7. The molecule has 0 spiro atoms. The quantitative estimate of drug-likeness (QED) is 0.496. The van der Waals surface area contributed by atoms with Gasteiger partial charge in [0.15, 0.2) is 0 Å². The van der Waals surface area contributed by atoms with Crippen LogP contribution in [0.1, 0.15) is 18.6 Å². The zero-order chi connectivity index (χ0) is 14.5. The van der Waals surface area contributed by atoms with Crippen LogP contribution < -0.4 is 16.0 Å². The second kappa shape index (κ2) is 6.03. The van der Waals surface area contributed by atoms with E-state index < -0.39 is 4.92 Å². The van der Waals surface area contributed by atoms with Gasteiger partial charge in [-0.05, 0) is 12.5 Å². The molecule has 2 rings (SSSR count). The van der Waals surface area contributed by atoms with Crippen molar-refractivity contribution in [1.29, 1.82) is 0 Å². The van der Waals surface area contributed by atoms with Crippen LogP contribution >= 0.6 is 0 Å². The summed E-state index contributed by atoms with van der Waals surface area (Å²) < 4.78 is 5.73. The number of nitrogens with zero attached hydrogens (tertiary/aromatic N) is 1. The van der Waals surface area contributed by atoms with Crippen LogP contribution in [-0.4, -0.2) is 4.92 Å². The first-order valence-corrected chi connectivity index (χ1v) is 6.08. The SMILES string of the molecule is CC(Oc1cc(NN)cc([N+](=O)[O-])c1)c1ccccc1. The number of hydrogen-bond donors (Lipinski definition) is 2. The number of nitro groups is 1. The number of nitrogens with two attached hydrogens (primary N) is 1. The van der Waals surface area contributed by atoms with Gasteiger partial charge in [0.25, 0.3) is 5.69 Å². The summed E-state index contributed by atoms with van der Waals surface area (Å²) in [5.41, 5.74) is 3.73. The topological polar surface area (TPSA) is 90.4 Å². The van der Waals surface area contributed by atoms with Gasteiger partial charge in [-0.25, -0.2) is 0 Å². The highest BCUT2D eigenvalue weighted by Crippen LogP contribution is 2.29. The largest absolute Gasteiger partial charge is 0.486 e. The van der Waals surface area contributed by atoms with Gasteiger partial charge in [0, 0.05) is 12.1 Å². The van der Waals surface area contributed by atoms with Crippen molar-refractivity contribution in [2.45, 2.75) is 13.0 Å². The summed E-state index contributed by atoms with van der Waals surface area (Å²) in [5, 5.41) is 10.9. The lowest BCUT2D eigenvalue weighted by Crippen LogP contribution is -2.08. The minimum absolute atomic E-state index is 0.0734. The van der Waals surface area contributed by atoms with Crippen molar-refractivity contribution in [3.8, 4) is 5.75 Å². The molecule has 3 N–H and O–H groups in total. The maximum absolute atomic E-state index is 10.9. The standard InChI is InChI=1S/C14H15N3O3/c1-10(11-5-3-2-4-6-11)20-14-8-12(16-15)7-13(9-14)17(18)19/h2-10,16H,15H2,1H3. The molecule has 2 aromatic rings. The van der Waals surface area contributed by atoms with Crippen LogP contribution in [0.25, 0.3) is 0 Å². The van der Waals surface area contributed by atoms with Crippen molar-refractivity contribution in [2.75, 3.05) is 5.43 Å². The zero-order valence-corrected chi connectivity index (χ0v) is 10.9. The molecule has 0 aliphatic carbocycles. The third-order valence-electron chi connectivity index (χ3n) is 2.85. The van der Waals surface area contributed by atoms with E-state index in [0.717, 1.165) is 5.56 Å². The molecule has 0 aromatic heterocycles. The summed E-state index contributed by atoms with van der Waals surface area (Å²) >= 11 is 0. The van der Waals surface area contributed by atoms with Crippen molar-refractivity contribution in [1.82, 2.24) is 0 Å². The molecule has 0 radical (unpaired) electrons. The lowest BCUT2D eigenvalue weighted by Gasteiger charge is -2.15. The van der Waals surface area contributed by atoms with Gasteiger partial charge in [-0.15, -0.1) is 0 Å². The second-order valence-electron chi connectivity index (χ2n) is 4.29. The molecule has 6 nitrogen and oxygen atoms in total. The number of hydrogen-bond acceptors (Lipinski definition) is 5. The van der Waals surface area contributed by atoms with Crippen LogP contribution in [0.15, 0.2) is 48.5 Å². The molecule has 0 bridgehead atoms. The number of nitro benzene ring substituents is 1. The number of ether oxygens (including phenoxy) is 1. The Morgan fingerprint density at radius 2 is 1.95 bits per heavy atom. The molecular weight excluding hydrogens is 258 g/mol. The molecule has 1 atom stereocenters. The van der Waals surface area contributed by atoms with Crippen LogP contribution in [0.3, 0.4) is 0 Å². The monoisotopic (exact) mass is 273 g/mol. The van der Waals surface area contributed by atoms with Crippen molar-refractivity contribution in [2.24, 2.45) is 5.84 Å². The van der Waals surface area contributed by atoms with Gasteiger partial charge in [0.05, 0.1) is 16.7 Å². The van der Waals surface area contributed by atoms with E-state index in [0.29, 0.717) is 11.4 Å². The second-order valence-corrected chi connectivity index (χ2v) is 4.29. The first kappa shape index (κ1) is 13.8. The van der Waals surface area contributed by atoms with Crippen LogP contribution in [0.2, 0.25) is 0 Å². The fourth-order valence-corrected chi connectivity index (χ4v) is 1.84. The van der Waals surface area contributed by atoms with Crippen LogP contribution in [0.4, 0.5) is 11.4 Å². The molecule has 104 valence electrons. The van der Waals surface area contributed by atoms with E-state index in [1.807, 2.05) is 37.3 Å². The summed E-state index contributed by atoms with van der Waals surface area (Å²) in [6.07, 6.45) is -0.219. The molecule has 0 fully saturated rings. The summed E-state index contributed by atoms with van der Waals surface area (Å²) in [4.78, 5) is 10.4. The molecule has 2 aromatic carbocycles. The maximum Gasteiger partial charge on any atom is 0.275 e. The Kier molecular flexibility index (Phi) is 4.17. The van der Waals surface area contributed by atoms with Gasteiger partial charge in [-0.1, -0.05) is 30.3 Å². The van der Waals surface area contributed by atoms with Crippen LogP contribution in [0, 0.1) is 10.1 Å². The highest BCUT2D eigenvalue weighted by atomic mass is 16.6.